The van der Waals surface area contributed by atoms with Crippen LogP contribution in [-0.2, 0) is 0 Å². The lowest BCUT2D eigenvalue weighted by molar-refractivity contribution is 0.349. The summed E-state index contributed by atoms with van der Waals surface area (Å²) >= 11 is 1.46. The normalized spacial score (nSPS) is 28.0. The first-order valence-corrected chi connectivity index (χ1v) is 5.83. The average Bonchev–Trinajstić information content (AvgIpc) is 2.70. The number of nitrogens with two attached hydrogens (primary N) is 1. The van der Waals surface area contributed by atoms with Crippen molar-refractivity contribution >= 4 is 16.7 Å². The topological polar surface area (TPSA) is 55.0 Å². The molecule has 0 bridgehead atoms. The number of rotatable bonds is 2. The number of hydrogen-bond acceptors (Lipinski definition) is 5. The van der Waals surface area contributed by atoms with E-state index in [2.05, 4.69) is 21.2 Å². The number of nitrogens with zero attached hydrogens (tertiary/aromatic N) is 3. The molecular formula is C9H16N4S. The maximum Gasteiger partial charge on any atom is 0.205 e. The zero-order chi connectivity index (χ0) is 9.97. The minimum absolute atomic E-state index is 0.441. The predicted molar refractivity (Wildman–Crippen MR) is 58.5 cm³/mol. The predicted octanol–water partition coefficient (Wildman–Crippen LogP) is 1.10. The van der Waals surface area contributed by atoms with Gasteiger partial charge in [-0.1, -0.05) is 6.92 Å². The average molecular weight is 212 g/mol. The van der Waals surface area contributed by atoms with E-state index in [0.29, 0.717) is 18.5 Å². The zero-order valence-electron chi connectivity index (χ0n) is 8.39. The maximum atomic E-state index is 5.80. The fourth-order valence-electron chi connectivity index (χ4n) is 2.14. The molecule has 0 radical (unpaired) electrons. The van der Waals surface area contributed by atoms with E-state index in [0.717, 1.165) is 11.7 Å². The molecule has 2 unspecified atom stereocenters. The van der Waals surface area contributed by atoms with Crippen LogP contribution in [-0.4, -0.2) is 28.5 Å². The van der Waals surface area contributed by atoms with Gasteiger partial charge >= 0.3 is 0 Å². The van der Waals surface area contributed by atoms with Crippen LogP contribution in [0.15, 0.2) is 6.33 Å². The minimum Gasteiger partial charge on any atom is -0.342 e. The van der Waals surface area contributed by atoms with Gasteiger partial charge in [-0.3, -0.25) is 0 Å². The first-order chi connectivity index (χ1) is 6.83. The molecule has 5 heteroatoms. The van der Waals surface area contributed by atoms with Gasteiger partial charge < -0.3 is 10.6 Å². The van der Waals surface area contributed by atoms with Crippen molar-refractivity contribution in [2.24, 2.45) is 11.7 Å². The Bertz CT molecular complexity index is 274. The first kappa shape index (κ1) is 9.86. The summed E-state index contributed by atoms with van der Waals surface area (Å²) in [6, 6.07) is 0.441. The molecule has 0 amide bonds. The lowest BCUT2D eigenvalue weighted by atomic mass is 9.91. The van der Waals surface area contributed by atoms with E-state index in [1.165, 1.54) is 24.4 Å². The lowest BCUT2D eigenvalue weighted by Crippen LogP contribution is -2.48. The Morgan fingerprint density at radius 2 is 2.57 bits per heavy atom. The molecule has 1 aromatic rings. The van der Waals surface area contributed by atoms with Crippen molar-refractivity contribution in [3.8, 4) is 0 Å². The number of hydrogen-bond donors (Lipinski definition) is 1. The summed E-state index contributed by atoms with van der Waals surface area (Å²) in [4.78, 5) is 6.56. The molecule has 2 N–H and O–H groups in total. The van der Waals surface area contributed by atoms with E-state index in [-0.39, 0.29) is 0 Å². The number of anilines is 1. The molecular weight excluding hydrogens is 196 g/mol. The molecule has 14 heavy (non-hydrogen) atoms. The third-order valence-corrected chi connectivity index (χ3v) is 3.66. The van der Waals surface area contributed by atoms with Crippen LogP contribution in [0.4, 0.5) is 5.13 Å². The maximum absolute atomic E-state index is 5.80. The Labute approximate surface area is 88.3 Å². The van der Waals surface area contributed by atoms with Crippen LogP contribution in [0.1, 0.15) is 19.8 Å². The second-order valence-corrected chi connectivity index (χ2v) is 4.60. The smallest absolute Gasteiger partial charge is 0.205 e. The molecule has 1 aliphatic rings. The fourth-order valence-corrected chi connectivity index (χ4v) is 2.75. The first-order valence-electron chi connectivity index (χ1n) is 5.06. The minimum atomic E-state index is 0.441. The molecule has 4 nitrogen and oxygen atoms in total. The summed E-state index contributed by atoms with van der Waals surface area (Å²) in [6.45, 7) is 4.05. The molecule has 0 saturated carbocycles. The van der Waals surface area contributed by atoms with Gasteiger partial charge in [-0.2, -0.15) is 4.37 Å². The standard InChI is InChI=1S/C9H16N4S/c1-7-3-2-4-13(8(7)5-10)9-11-6-12-14-9/h6-8H,2-5,10H2,1H3. The Kier molecular flexibility index (Phi) is 2.98. The van der Waals surface area contributed by atoms with Crippen molar-refractivity contribution < 1.29 is 0 Å². The zero-order valence-corrected chi connectivity index (χ0v) is 9.20. The SMILES string of the molecule is CC1CCCN(c2ncns2)C1CN. The summed E-state index contributed by atoms with van der Waals surface area (Å²) in [5.41, 5.74) is 5.80. The van der Waals surface area contributed by atoms with Crippen molar-refractivity contribution in [3.63, 3.8) is 0 Å². The van der Waals surface area contributed by atoms with Gasteiger partial charge in [0.25, 0.3) is 0 Å². The highest BCUT2D eigenvalue weighted by atomic mass is 32.1. The Hall–Kier alpha value is -0.680. The van der Waals surface area contributed by atoms with Crippen LogP contribution in [0.3, 0.4) is 0 Å². The van der Waals surface area contributed by atoms with Crippen molar-refractivity contribution in [1.29, 1.82) is 0 Å². The van der Waals surface area contributed by atoms with Crippen LogP contribution >= 0.6 is 11.5 Å². The van der Waals surface area contributed by atoms with Gasteiger partial charge in [0.2, 0.25) is 5.13 Å². The van der Waals surface area contributed by atoms with Crippen LogP contribution in [0, 0.1) is 5.92 Å². The second kappa shape index (κ2) is 4.23. The molecule has 0 aromatic carbocycles. The third-order valence-electron chi connectivity index (χ3n) is 2.95. The highest BCUT2D eigenvalue weighted by molar-refractivity contribution is 7.09. The monoisotopic (exact) mass is 212 g/mol. The van der Waals surface area contributed by atoms with Crippen LogP contribution < -0.4 is 10.6 Å². The van der Waals surface area contributed by atoms with Crippen LogP contribution in [0.5, 0.6) is 0 Å². The van der Waals surface area contributed by atoms with Crippen molar-refractivity contribution in [1.82, 2.24) is 9.36 Å². The van der Waals surface area contributed by atoms with E-state index in [1.54, 1.807) is 6.33 Å². The van der Waals surface area contributed by atoms with Gasteiger partial charge in [0, 0.05) is 30.7 Å². The summed E-state index contributed by atoms with van der Waals surface area (Å²) in [7, 11) is 0. The Morgan fingerprint density at radius 3 is 3.21 bits per heavy atom. The molecule has 1 aromatic heterocycles. The summed E-state index contributed by atoms with van der Waals surface area (Å²) < 4.78 is 4.04. The fraction of sp³-hybridized carbons (Fsp3) is 0.778. The Morgan fingerprint density at radius 1 is 1.71 bits per heavy atom. The van der Waals surface area contributed by atoms with E-state index in [4.69, 9.17) is 5.73 Å². The van der Waals surface area contributed by atoms with Gasteiger partial charge in [0.05, 0.1) is 0 Å². The Balaban J connectivity index is 2.16. The molecule has 1 fully saturated rings. The van der Waals surface area contributed by atoms with Gasteiger partial charge in [-0.05, 0) is 18.8 Å². The molecule has 0 aliphatic carbocycles. The number of aromatic nitrogens is 2. The van der Waals surface area contributed by atoms with E-state index < -0.39 is 0 Å². The van der Waals surface area contributed by atoms with E-state index in [1.807, 2.05) is 0 Å². The molecule has 2 atom stereocenters. The molecule has 0 spiro atoms. The van der Waals surface area contributed by atoms with Crippen molar-refractivity contribution in [2.75, 3.05) is 18.0 Å². The summed E-state index contributed by atoms with van der Waals surface area (Å²) in [5, 5.41) is 1.02. The molecule has 2 rings (SSSR count). The molecule has 1 aliphatic heterocycles. The van der Waals surface area contributed by atoms with Crippen LogP contribution in [0.25, 0.3) is 0 Å². The molecule has 78 valence electrons. The van der Waals surface area contributed by atoms with Gasteiger partial charge in [0.1, 0.15) is 6.33 Å². The lowest BCUT2D eigenvalue weighted by Gasteiger charge is -2.39. The second-order valence-electron chi connectivity index (χ2n) is 3.84. The van der Waals surface area contributed by atoms with Crippen molar-refractivity contribution in [3.05, 3.63) is 6.33 Å². The molecule has 1 saturated heterocycles. The highest BCUT2D eigenvalue weighted by Crippen LogP contribution is 2.28. The summed E-state index contributed by atoms with van der Waals surface area (Å²) in [6.07, 6.45) is 4.13. The third kappa shape index (κ3) is 1.74. The van der Waals surface area contributed by atoms with Gasteiger partial charge in [0.15, 0.2) is 0 Å². The van der Waals surface area contributed by atoms with Gasteiger partial charge in [-0.25, -0.2) is 4.98 Å². The highest BCUT2D eigenvalue weighted by Gasteiger charge is 2.28. The molecule has 2 heterocycles. The largest absolute Gasteiger partial charge is 0.342 e. The van der Waals surface area contributed by atoms with E-state index in [9.17, 15) is 0 Å². The summed E-state index contributed by atoms with van der Waals surface area (Å²) in [5.74, 6) is 0.664. The van der Waals surface area contributed by atoms with E-state index >= 15 is 0 Å². The number of piperidine rings is 1. The quantitative estimate of drug-likeness (QED) is 0.797. The van der Waals surface area contributed by atoms with Gasteiger partial charge in [-0.15, -0.1) is 0 Å². The van der Waals surface area contributed by atoms with Crippen LogP contribution in [0.2, 0.25) is 0 Å². The van der Waals surface area contributed by atoms with Crippen molar-refractivity contribution in [2.45, 2.75) is 25.8 Å².